The molecule has 2 aromatic rings. The number of carbonyl (C=O) groups is 1. The van der Waals surface area contributed by atoms with Gasteiger partial charge in [-0.05, 0) is 51.0 Å². The Labute approximate surface area is 192 Å². The predicted molar refractivity (Wildman–Crippen MR) is 124 cm³/mol. The quantitative estimate of drug-likeness (QED) is 0.301. The van der Waals surface area contributed by atoms with Gasteiger partial charge in [-0.3, -0.25) is 13.9 Å². The van der Waals surface area contributed by atoms with Crippen molar-refractivity contribution in [3.8, 4) is 5.75 Å². The second-order valence-electron chi connectivity index (χ2n) is 8.10. The Morgan fingerprint density at radius 1 is 1.30 bits per heavy atom. The van der Waals surface area contributed by atoms with Gasteiger partial charge in [0, 0.05) is 12.1 Å². The molecule has 1 aromatic carbocycles. The molecule has 0 amide bonds. The van der Waals surface area contributed by atoms with Crippen LogP contribution in [0.15, 0.2) is 59.5 Å². The second kappa shape index (κ2) is 10.3. The highest BCUT2D eigenvalue weighted by molar-refractivity contribution is 7.52. The molecule has 10 nitrogen and oxygen atoms in total. The average molecular weight is 476 g/mol. The Morgan fingerprint density at radius 3 is 2.61 bits per heavy atom. The number of esters is 1. The molecule has 1 fully saturated rings. The van der Waals surface area contributed by atoms with E-state index in [1.807, 2.05) is 0 Å². The van der Waals surface area contributed by atoms with E-state index < -0.39 is 25.4 Å². The summed E-state index contributed by atoms with van der Waals surface area (Å²) in [5.41, 5.74) is 5.82. The zero-order chi connectivity index (χ0) is 24.2. The lowest BCUT2D eigenvalue weighted by Crippen LogP contribution is -2.40. The molecular weight excluding hydrogens is 447 g/mol. The Kier molecular flexibility index (Phi) is 7.73. The van der Waals surface area contributed by atoms with Gasteiger partial charge in [0.2, 0.25) is 0 Å². The number of nitrogens with two attached hydrogens (primary N) is 1. The number of para-hydroxylation sites is 1. The molecule has 4 atom stereocenters. The number of benzene rings is 1. The van der Waals surface area contributed by atoms with Crippen LogP contribution in [-0.4, -0.2) is 34.3 Å². The lowest BCUT2D eigenvalue weighted by molar-refractivity contribution is -0.149. The van der Waals surface area contributed by atoms with E-state index in [4.69, 9.17) is 19.5 Å². The van der Waals surface area contributed by atoms with Crippen molar-refractivity contribution in [3.05, 3.63) is 65.2 Å². The van der Waals surface area contributed by atoms with Crippen molar-refractivity contribution in [1.82, 2.24) is 14.6 Å². The fraction of sp³-hybridized carbons (Fsp3) is 0.409. The first-order valence-corrected chi connectivity index (χ1v) is 12.1. The number of anilines is 1. The minimum atomic E-state index is -3.95. The lowest BCUT2D eigenvalue weighted by Gasteiger charge is -2.39. The third kappa shape index (κ3) is 6.31. The first-order valence-electron chi connectivity index (χ1n) is 10.6. The van der Waals surface area contributed by atoms with Crippen LogP contribution in [0.1, 0.15) is 33.2 Å². The maximum atomic E-state index is 13.5. The van der Waals surface area contributed by atoms with E-state index in [1.165, 1.54) is 11.5 Å². The van der Waals surface area contributed by atoms with Crippen LogP contribution in [-0.2, 0) is 18.6 Å². The molecule has 11 heteroatoms. The number of nitrogen functional groups attached to an aromatic ring is 1. The molecule has 1 aromatic heterocycles. The Hall–Kier alpha value is -2.94. The summed E-state index contributed by atoms with van der Waals surface area (Å²) < 4.78 is 31.5. The number of carbonyl (C=O) groups excluding carboxylic acids is 1. The molecule has 3 unspecified atom stereocenters. The standard InChI is InChI=1S/C22H29N4O6P/c1-14(2)31-21(27)16(4)25-33(29,32-18-8-6-5-7-9-18)30-13-17-12-19(15(17)3)26-11-10-20(23)24-22(26)28/h5-11,14,16-17,19H,3,12-13H2,1-2,4H3,(H,25,29)(H2,23,24,28)/t16-,17?,19?,33?/m0/s1. The lowest BCUT2D eigenvalue weighted by atomic mass is 9.76. The van der Waals surface area contributed by atoms with Gasteiger partial charge in [-0.15, -0.1) is 0 Å². The van der Waals surface area contributed by atoms with Crippen LogP contribution >= 0.6 is 7.75 Å². The summed E-state index contributed by atoms with van der Waals surface area (Å²) in [6.45, 7) is 9.04. The van der Waals surface area contributed by atoms with Crippen molar-refractivity contribution in [2.45, 2.75) is 45.4 Å². The van der Waals surface area contributed by atoms with E-state index in [0.29, 0.717) is 12.2 Å². The Morgan fingerprint density at radius 2 is 2.00 bits per heavy atom. The van der Waals surface area contributed by atoms with E-state index in [2.05, 4.69) is 16.7 Å². The van der Waals surface area contributed by atoms with E-state index in [9.17, 15) is 14.2 Å². The SMILES string of the molecule is C=C1C(COP(=O)(N[C@@H](C)C(=O)OC(C)C)Oc2ccccc2)CC1n1ccc(N)nc1=O. The van der Waals surface area contributed by atoms with Gasteiger partial charge in [0.1, 0.15) is 17.6 Å². The van der Waals surface area contributed by atoms with Gasteiger partial charge in [-0.25, -0.2) is 9.36 Å². The minimum absolute atomic E-state index is 0.0234. The van der Waals surface area contributed by atoms with Gasteiger partial charge in [-0.1, -0.05) is 24.8 Å². The van der Waals surface area contributed by atoms with Crippen LogP contribution in [0.25, 0.3) is 0 Å². The van der Waals surface area contributed by atoms with E-state index >= 15 is 0 Å². The van der Waals surface area contributed by atoms with E-state index in [-0.39, 0.29) is 30.5 Å². The van der Waals surface area contributed by atoms with Gasteiger partial charge >= 0.3 is 19.4 Å². The van der Waals surface area contributed by atoms with Crippen molar-refractivity contribution in [2.24, 2.45) is 5.92 Å². The number of nitrogens with zero attached hydrogens (tertiary/aromatic N) is 2. The molecule has 3 rings (SSSR count). The Balaban J connectivity index is 1.67. The molecule has 1 aliphatic carbocycles. The van der Waals surface area contributed by atoms with Gasteiger partial charge in [-0.2, -0.15) is 10.1 Å². The summed E-state index contributed by atoms with van der Waals surface area (Å²) in [6.07, 6.45) is 1.80. The summed E-state index contributed by atoms with van der Waals surface area (Å²) in [5.74, 6) is -0.264. The van der Waals surface area contributed by atoms with Crippen LogP contribution in [0, 0.1) is 5.92 Å². The van der Waals surface area contributed by atoms with E-state index in [0.717, 1.165) is 5.57 Å². The highest BCUT2D eigenvalue weighted by Gasteiger charge is 2.39. The van der Waals surface area contributed by atoms with Crippen molar-refractivity contribution >= 4 is 19.5 Å². The normalized spacial score (nSPS) is 20.5. The van der Waals surface area contributed by atoms with E-state index in [1.54, 1.807) is 56.4 Å². The molecule has 0 radical (unpaired) electrons. The first kappa shape index (κ1) is 24.7. The molecule has 0 aliphatic heterocycles. The maximum absolute atomic E-state index is 13.5. The van der Waals surface area contributed by atoms with Crippen LogP contribution in [0.3, 0.4) is 0 Å². The minimum Gasteiger partial charge on any atom is -0.462 e. The summed E-state index contributed by atoms with van der Waals surface area (Å²) >= 11 is 0. The fourth-order valence-corrected chi connectivity index (χ4v) is 4.87. The highest BCUT2D eigenvalue weighted by atomic mass is 31.2. The number of hydrogen-bond acceptors (Lipinski definition) is 8. The second-order valence-corrected chi connectivity index (χ2v) is 9.79. The molecule has 0 bridgehead atoms. The summed E-state index contributed by atoms with van der Waals surface area (Å²) in [4.78, 5) is 28.0. The smallest absolute Gasteiger partial charge is 0.459 e. The van der Waals surface area contributed by atoms with Gasteiger partial charge in [0.05, 0.1) is 18.8 Å². The average Bonchev–Trinajstić information content (AvgIpc) is 2.74. The van der Waals surface area contributed by atoms with Gasteiger partial charge in [0.15, 0.2) is 0 Å². The highest BCUT2D eigenvalue weighted by Crippen LogP contribution is 2.49. The summed E-state index contributed by atoms with van der Waals surface area (Å²) in [7, 11) is -3.95. The third-order valence-electron chi connectivity index (χ3n) is 5.12. The van der Waals surface area contributed by atoms with Crippen LogP contribution in [0.4, 0.5) is 5.82 Å². The molecule has 0 spiro atoms. The number of nitrogens with one attached hydrogen (secondary N) is 1. The monoisotopic (exact) mass is 476 g/mol. The zero-order valence-corrected chi connectivity index (χ0v) is 19.7. The molecule has 178 valence electrons. The van der Waals surface area contributed by atoms with Crippen LogP contribution in [0.5, 0.6) is 5.75 Å². The molecule has 1 heterocycles. The molecule has 3 N–H and O–H groups in total. The first-order chi connectivity index (χ1) is 15.6. The maximum Gasteiger partial charge on any atom is 0.459 e. The molecule has 1 saturated carbocycles. The van der Waals surface area contributed by atoms with Crippen LogP contribution in [0.2, 0.25) is 0 Å². The number of ether oxygens (including phenoxy) is 1. The topological polar surface area (TPSA) is 135 Å². The van der Waals surface area contributed by atoms with Crippen LogP contribution < -0.4 is 21.0 Å². The Bertz CT molecular complexity index is 1100. The molecular formula is C22H29N4O6P. The van der Waals surface area contributed by atoms with Crippen molar-refractivity contribution in [1.29, 1.82) is 0 Å². The van der Waals surface area contributed by atoms with Crippen molar-refractivity contribution < 1.29 is 23.1 Å². The van der Waals surface area contributed by atoms with Gasteiger partial charge in [0.25, 0.3) is 0 Å². The number of rotatable bonds is 10. The molecule has 0 saturated heterocycles. The molecule has 33 heavy (non-hydrogen) atoms. The largest absolute Gasteiger partial charge is 0.462 e. The molecule has 1 aliphatic rings. The van der Waals surface area contributed by atoms with Crippen molar-refractivity contribution in [2.75, 3.05) is 12.3 Å². The predicted octanol–water partition coefficient (Wildman–Crippen LogP) is 3.08. The van der Waals surface area contributed by atoms with Gasteiger partial charge < -0.3 is 15.0 Å². The number of aromatic nitrogens is 2. The van der Waals surface area contributed by atoms with Crippen molar-refractivity contribution in [3.63, 3.8) is 0 Å². The number of hydrogen-bond donors (Lipinski definition) is 2. The summed E-state index contributed by atoms with van der Waals surface area (Å²) in [6, 6.07) is 8.88. The zero-order valence-electron chi connectivity index (χ0n) is 18.8. The fourth-order valence-electron chi connectivity index (χ4n) is 3.34. The third-order valence-corrected chi connectivity index (χ3v) is 6.76. The summed E-state index contributed by atoms with van der Waals surface area (Å²) in [5, 5.41) is 2.65.